The summed E-state index contributed by atoms with van der Waals surface area (Å²) in [5.41, 5.74) is 14.1. The molecule has 0 unspecified atom stereocenters. The Kier molecular flexibility index (Phi) is 14.2. The van der Waals surface area contributed by atoms with E-state index in [-0.39, 0.29) is 25.0 Å². The molecule has 6 rings (SSSR count). The lowest BCUT2D eigenvalue weighted by atomic mass is 9.91. The molecule has 4 amide bonds. The molecular formula is C46H42N4O7. The Hall–Kier alpha value is -7.24. The van der Waals surface area contributed by atoms with Gasteiger partial charge in [0.05, 0.1) is 25.0 Å². The zero-order chi connectivity index (χ0) is 39.7. The summed E-state index contributed by atoms with van der Waals surface area (Å²) in [4.78, 5) is 51.9. The average Bonchev–Trinajstić information content (AvgIpc) is 3.26. The van der Waals surface area contributed by atoms with Gasteiger partial charge in [-0.1, -0.05) is 121 Å². The molecule has 0 heterocycles. The molecule has 11 nitrogen and oxygen atoms in total. The van der Waals surface area contributed by atoms with E-state index in [9.17, 15) is 19.2 Å². The molecule has 0 aliphatic heterocycles. The van der Waals surface area contributed by atoms with E-state index in [2.05, 4.69) is 21.7 Å². The topological polar surface area (TPSA) is 144 Å². The third kappa shape index (κ3) is 11.4. The highest BCUT2D eigenvalue weighted by molar-refractivity contribution is 5.97. The fourth-order valence-electron chi connectivity index (χ4n) is 6.04. The number of hydrogen-bond donors (Lipinski definition) is 4. The second-order valence-electron chi connectivity index (χ2n) is 12.8. The van der Waals surface area contributed by atoms with Crippen LogP contribution in [-0.2, 0) is 14.3 Å². The Balaban J connectivity index is 0.864. The quantitative estimate of drug-likeness (QED) is 0.0665. The molecule has 6 aromatic rings. The summed E-state index contributed by atoms with van der Waals surface area (Å²) in [7, 11) is 0. The summed E-state index contributed by atoms with van der Waals surface area (Å²) in [5, 5.41) is 0. The first-order chi connectivity index (χ1) is 28.0. The Bertz CT molecular complexity index is 1950. The van der Waals surface area contributed by atoms with Gasteiger partial charge in [0, 0.05) is 11.1 Å². The Morgan fingerprint density at radius 3 is 0.965 bits per heavy atom. The molecule has 0 saturated carbocycles. The minimum Gasteiger partial charge on any atom is -0.491 e. The zero-order valence-corrected chi connectivity index (χ0v) is 31.0. The normalized spacial score (nSPS) is 10.7. The largest absolute Gasteiger partial charge is 0.491 e. The zero-order valence-electron chi connectivity index (χ0n) is 31.0. The molecule has 0 atom stereocenters. The molecule has 0 aliphatic carbocycles. The Labute approximate surface area is 330 Å². The third-order valence-electron chi connectivity index (χ3n) is 8.88. The van der Waals surface area contributed by atoms with Crippen LogP contribution in [0.3, 0.4) is 0 Å². The lowest BCUT2D eigenvalue weighted by Crippen LogP contribution is -2.44. The average molecular weight is 763 g/mol. The number of ether oxygens (including phenoxy) is 3. The smallest absolute Gasteiger partial charge is 0.269 e. The predicted octanol–water partition coefficient (Wildman–Crippen LogP) is 6.35. The number of carbonyl (C=O) groups is 4. The van der Waals surface area contributed by atoms with Crippen LogP contribution in [0, 0.1) is 0 Å². The summed E-state index contributed by atoms with van der Waals surface area (Å²) in [6, 6.07) is 50.6. The van der Waals surface area contributed by atoms with Crippen molar-refractivity contribution in [1.29, 1.82) is 0 Å². The summed E-state index contributed by atoms with van der Waals surface area (Å²) < 4.78 is 17.1. The highest BCUT2D eigenvalue weighted by Crippen LogP contribution is 2.26. The third-order valence-corrected chi connectivity index (χ3v) is 8.88. The molecule has 0 aliphatic rings. The van der Waals surface area contributed by atoms with Crippen LogP contribution in [0.25, 0.3) is 0 Å². The maximum absolute atomic E-state index is 13.2. The summed E-state index contributed by atoms with van der Waals surface area (Å²) in [5.74, 6) is -1.71. The van der Waals surface area contributed by atoms with Crippen molar-refractivity contribution in [1.82, 2.24) is 21.7 Å². The van der Waals surface area contributed by atoms with E-state index in [0.29, 0.717) is 35.8 Å². The second-order valence-corrected chi connectivity index (χ2v) is 12.8. The minimum atomic E-state index is -0.591. The van der Waals surface area contributed by atoms with Crippen molar-refractivity contribution < 1.29 is 33.4 Å². The van der Waals surface area contributed by atoms with E-state index >= 15 is 0 Å². The van der Waals surface area contributed by atoms with Crippen LogP contribution in [0.15, 0.2) is 170 Å². The number of amides is 4. The van der Waals surface area contributed by atoms with Gasteiger partial charge in [0.25, 0.3) is 11.8 Å². The summed E-state index contributed by atoms with van der Waals surface area (Å²) >= 11 is 0. The summed E-state index contributed by atoms with van der Waals surface area (Å²) in [6.45, 7) is 1.17. The van der Waals surface area contributed by atoms with E-state index in [1.54, 1.807) is 48.5 Å². The maximum Gasteiger partial charge on any atom is 0.269 e. The monoisotopic (exact) mass is 762 g/mol. The van der Waals surface area contributed by atoms with Crippen LogP contribution in [0.4, 0.5) is 0 Å². The van der Waals surface area contributed by atoms with E-state index in [1.807, 2.05) is 121 Å². The molecule has 6 aromatic carbocycles. The molecule has 0 bridgehead atoms. The molecule has 0 saturated heterocycles. The number of hydrogen-bond acceptors (Lipinski definition) is 7. The lowest BCUT2D eigenvalue weighted by molar-refractivity contribution is -0.123. The van der Waals surface area contributed by atoms with Gasteiger partial charge in [-0.15, -0.1) is 0 Å². The van der Waals surface area contributed by atoms with Gasteiger partial charge in [-0.25, -0.2) is 0 Å². The van der Waals surface area contributed by atoms with E-state index < -0.39 is 23.7 Å². The number of nitrogens with one attached hydrogen (secondary N) is 4. The van der Waals surface area contributed by atoms with E-state index in [4.69, 9.17) is 14.2 Å². The van der Waals surface area contributed by atoms with Crippen molar-refractivity contribution in [2.75, 3.05) is 26.4 Å². The van der Waals surface area contributed by atoms with E-state index in [1.165, 1.54) is 0 Å². The second kappa shape index (κ2) is 20.4. The van der Waals surface area contributed by atoms with Gasteiger partial charge in [-0.2, -0.15) is 0 Å². The van der Waals surface area contributed by atoms with Gasteiger partial charge in [0.2, 0.25) is 11.8 Å². The first kappa shape index (κ1) is 39.5. The Morgan fingerprint density at radius 2 is 0.667 bits per heavy atom. The first-order valence-corrected chi connectivity index (χ1v) is 18.4. The standard InChI is InChI=1S/C46H42N4O7/c51-43(47-49-45(53)41(33-13-5-1-6-14-33)34-15-7-2-8-16-34)37-21-25-39(26-22-37)56-31-29-55-30-32-57-40-27-23-38(24-28-40)44(52)48-50-46(54)42(35-17-9-3-10-18-35)36-19-11-4-12-20-36/h1-28,41-42H,29-32H2,(H,47,51)(H,48,52)(H,49,53)(H,50,54). The van der Waals surface area contributed by atoms with Gasteiger partial charge in [-0.3, -0.25) is 40.9 Å². The number of hydrazine groups is 2. The maximum atomic E-state index is 13.2. The highest BCUT2D eigenvalue weighted by Gasteiger charge is 2.24. The predicted molar refractivity (Wildman–Crippen MR) is 215 cm³/mol. The van der Waals surface area contributed by atoms with Gasteiger partial charge in [-0.05, 0) is 70.8 Å². The Morgan fingerprint density at radius 1 is 0.368 bits per heavy atom. The van der Waals surface area contributed by atoms with Crippen LogP contribution < -0.4 is 31.2 Å². The van der Waals surface area contributed by atoms with Crippen LogP contribution in [0.1, 0.15) is 54.8 Å². The fourth-order valence-corrected chi connectivity index (χ4v) is 6.04. The van der Waals surface area contributed by atoms with Crippen LogP contribution in [0.2, 0.25) is 0 Å². The number of rotatable bonds is 16. The van der Waals surface area contributed by atoms with Gasteiger partial charge >= 0.3 is 0 Å². The van der Waals surface area contributed by atoms with Gasteiger partial charge in [0.15, 0.2) is 0 Å². The van der Waals surface area contributed by atoms with Crippen molar-refractivity contribution in [3.8, 4) is 11.5 Å². The highest BCUT2D eigenvalue weighted by atomic mass is 16.5. The van der Waals surface area contributed by atoms with E-state index in [0.717, 1.165) is 22.3 Å². The van der Waals surface area contributed by atoms with Crippen molar-refractivity contribution in [3.63, 3.8) is 0 Å². The minimum absolute atomic E-state index is 0.278. The van der Waals surface area contributed by atoms with Crippen LogP contribution in [-0.4, -0.2) is 50.1 Å². The molecule has 288 valence electrons. The number of carbonyl (C=O) groups excluding carboxylic acids is 4. The molecule has 0 fully saturated rings. The molecule has 11 heteroatoms. The van der Waals surface area contributed by atoms with Gasteiger partial charge in [0.1, 0.15) is 24.7 Å². The van der Waals surface area contributed by atoms with Crippen LogP contribution in [0.5, 0.6) is 11.5 Å². The SMILES string of the molecule is O=C(NNC(=O)C(c1ccccc1)c1ccccc1)c1ccc(OCCOCCOc2ccc(C(=O)NNC(=O)C(c3ccccc3)c3ccccc3)cc2)cc1. The fraction of sp³-hybridized carbons (Fsp3) is 0.130. The van der Waals surface area contributed by atoms with Crippen molar-refractivity contribution in [3.05, 3.63) is 203 Å². The number of benzene rings is 6. The summed E-state index contributed by atoms with van der Waals surface area (Å²) in [6.07, 6.45) is 0. The molecule has 0 spiro atoms. The molecular weight excluding hydrogens is 721 g/mol. The molecule has 57 heavy (non-hydrogen) atoms. The van der Waals surface area contributed by atoms with Crippen molar-refractivity contribution in [2.24, 2.45) is 0 Å². The van der Waals surface area contributed by atoms with Crippen LogP contribution >= 0.6 is 0 Å². The first-order valence-electron chi connectivity index (χ1n) is 18.4. The molecule has 4 N–H and O–H groups in total. The molecule has 0 radical (unpaired) electrons. The van der Waals surface area contributed by atoms with Crippen molar-refractivity contribution >= 4 is 23.6 Å². The van der Waals surface area contributed by atoms with Gasteiger partial charge < -0.3 is 14.2 Å². The van der Waals surface area contributed by atoms with Crippen molar-refractivity contribution in [2.45, 2.75) is 11.8 Å². The molecule has 0 aromatic heterocycles. The lowest BCUT2D eigenvalue weighted by Gasteiger charge is -2.18.